The highest BCUT2D eigenvalue weighted by atomic mass is 16.3. The number of hydrogen-bond donors (Lipinski definition) is 3. The minimum atomic E-state index is -0.563. The molecule has 2 aromatic rings. The van der Waals surface area contributed by atoms with Gasteiger partial charge in [0.1, 0.15) is 0 Å². The predicted octanol–water partition coefficient (Wildman–Crippen LogP) is 2.36. The second-order valence-electron chi connectivity index (χ2n) is 6.23. The fraction of sp³-hybridized carbons (Fsp3) is 0.350. The molecule has 128 valence electrons. The number of primary amides is 1. The van der Waals surface area contributed by atoms with Crippen molar-refractivity contribution in [1.29, 1.82) is 0 Å². The zero-order valence-electron chi connectivity index (χ0n) is 14.1. The number of amides is 1. The number of rotatable bonds is 9. The van der Waals surface area contributed by atoms with E-state index >= 15 is 0 Å². The molecule has 24 heavy (non-hydrogen) atoms. The summed E-state index contributed by atoms with van der Waals surface area (Å²) in [5.74, 6) is -0.350. The molecule has 2 rings (SSSR count). The molecular weight excluding hydrogens is 300 g/mol. The van der Waals surface area contributed by atoms with E-state index in [4.69, 9.17) is 5.73 Å². The second-order valence-corrected chi connectivity index (χ2v) is 6.23. The van der Waals surface area contributed by atoms with E-state index in [-0.39, 0.29) is 12.3 Å². The fourth-order valence-corrected chi connectivity index (χ4v) is 2.62. The molecule has 2 unspecified atom stereocenters. The zero-order valence-corrected chi connectivity index (χ0v) is 14.1. The first-order valence-corrected chi connectivity index (χ1v) is 8.37. The highest BCUT2D eigenvalue weighted by molar-refractivity contribution is 5.76. The number of aliphatic hydroxyl groups is 1. The van der Waals surface area contributed by atoms with E-state index in [1.54, 1.807) is 0 Å². The monoisotopic (exact) mass is 326 g/mol. The van der Waals surface area contributed by atoms with Crippen LogP contribution in [0.1, 0.15) is 36.1 Å². The minimum Gasteiger partial charge on any atom is -0.387 e. The van der Waals surface area contributed by atoms with Crippen molar-refractivity contribution in [1.82, 2.24) is 5.32 Å². The highest BCUT2D eigenvalue weighted by Crippen LogP contribution is 2.14. The van der Waals surface area contributed by atoms with Gasteiger partial charge in [0.05, 0.1) is 12.5 Å². The molecule has 2 atom stereocenters. The van der Waals surface area contributed by atoms with Gasteiger partial charge in [0.2, 0.25) is 5.91 Å². The molecule has 0 spiro atoms. The van der Waals surface area contributed by atoms with Crippen LogP contribution in [0.3, 0.4) is 0 Å². The second kappa shape index (κ2) is 9.21. The van der Waals surface area contributed by atoms with Gasteiger partial charge in [-0.05, 0) is 36.5 Å². The average molecular weight is 326 g/mol. The summed E-state index contributed by atoms with van der Waals surface area (Å²) in [6, 6.07) is 18.1. The third kappa shape index (κ3) is 6.14. The largest absolute Gasteiger partial charge is 0.387 e. The van der Waals surface area contributed by atoms with Crippen LogP contribution in [0.15, 0.2) is 54.6 Å². The molecule has 0 radical (unpaired) electrons. The number of aliphatic hydroxyl groups excluding tert-OH is 1. The van der Waals surface area contributed by atoms with Gasteiger partial charge < -0.3 is 16.2 Å². The standard InChI is InChI=1S/C20H26N2O2/c1-15(7-8-16-5-3-2-4-6-16)22-14-19(23)18-11-9-17(10-12-18)13-20(21)24/h2-6,9-12,15,19,22-23H,7-8,13-14H2,1H3,(H2,21,24). The first-order valence-electron chi connectivity index (χ1n) is 8.37. The molecule has 4 nitrogen and oxygen atoms in total. The van der Waals surface area contributed by atoms with E-state index in [9.17, 15) is 9.90 Å². The average Bonchev–Trinajstić information content (AvgIpc) is 2.59. The van der Waals surface area contributed by atoms with Crippen molar-refractivity contribution in [3.05, 3.63) is 71.3 Å². The zero-order chi connectivity index (χ0) is 17.4. The van der Waals surface area contributed by atoms with Crippen LogP contribution >= 0.6 is 0 Å². The van der Waals surface area contributed by atoms with Crippen LogP contribution in [0.5, 0.6) is 0 Å². The van der Waals surface area contributed by atoms with Gasteiger partial charge >= 0.3 is 0 Å². The van der Waals surface area contributed by atoms with Crippen molar-refractivity contribution in [2.45, 2.75) is 38.3 Å². The van der Waals surface area contributed by atoms with Gasteiger partial charge in [0, 0.05) is 12.6 Å². The Bertz CT molecular complexity index is 626. The van der Waals surface area contributed by atoms with Gasteiger partial charge in [-0.1, -0.05) is 54.6 Å². The molecule has 0 fully saturated rings. The Labute approximate surface area is 143 Å². The van der Waals surface area contributed by atoms with Gasteiger partial charge in [0.25, 0.3) is 0 Å². The highest BCUT2D eigenvalue weighted by Gasteiger charge is 2.10. The van der Waals surface area contributed by atoms with E-state index in [1.807, 2.05) is 30.3 Å². The summed E-state index contributed by atoms with van der Waals surface area (Å²) >= 11 is 0. The van der Waals surface area contributed by atoms with Gasteiger partial charge in [-0.25, -0.2) is 0 Å². The molecule has 4 heteroatoms. The molecule has 0 aliphatic rings. The van der Waals surface area contributed by atoms with E-state index in [1.165, 1.54) is 5.56 Å². The molecule has 0 saturated heterocycles. The van der Waals surface area contributed by atoms with Crippen molar-refractivity contribution in [2.75, 3.05) is 6.54 Å². The number of carbonyl (C=O) groups is 1. The Hall–Kier alpha value is -2.17. The van der Waals surface area contributed by atoms with E-state index in [0.717, 1.165) is 24.0 Å². The van der Waals surface area contributed by atoms with E-state index < -0.39 is 6.10 Å². The van der Waals surface area contributed by atoms with Gasteiger partial charge in [-0.15, -0.1) is 0 Å². The molecule has 0 aliphatic heterocycles. The minimum absolute atomic E-state index is 0.227. The van der Waals surface area contributed by atoms with Crippen LogP contribution in [0, 0.1) is 0 Å². The summed E-state index contributed by atoms with van der Waals surface area (Å²) in [4.78, 5) is 10.9. The van der Waals surface area contributed by atoms with Gasteiger partial charge in [0.15, 0.2) is 0 Å². The molecule has 0 aromatic heterocycles. The van der Waals surface area contributed by atoms with Crippen LogP contribution in [0.2, 0.25) is 0 Å². The van der Waals surface area contributed by atoms with Crippen LogP contribution in [0.4, 0.5) is 0 Å². The molecule has 4 N–H and O–H groups in total. The Morgan fingerprint density at radius 3 is 2.38 bits per heavy atom. The third-order valence-corrected chi connectivity index (χ3v) is 4.11. The van der Waals surface area contributed by atoms with Gasteiger partial charge in [-0.2, -0.15) is 0 Å². The smallest absolute Gasteiger partial charge is 0.221 e. The summed E-state index contributed by atoms with van der Waals surface area (Å²) in [5, 5.41) is 13.6. The van der Waals surface area contributed by atoms with Crippen LogP contribution < -0.4 is 11.1 Å². The molecule has 1 amide bonds. The topological polar surface area (TPSA) is 75.3 Å². The summed E-state index contributed by atoms with van der Waals surface area (Å²) < 4.78 is 0. The third-order valence-electron chi connectivity index (χ3n) is 4.11. The van der Waals surface area contributed by atoms with Gasteiger partial charge in [-0.3, -0.25) is 4.79 Å². The lowest BCUT2D eigenvalue weighted by Crippen LogP contribution is -2.30. The lowest BCUT2D eigenvalue weighted by Gasteiger charge is -2.17. The number of carbonyl (C=O) groups excluding carboxylic acids is 1. The summed E-state index contributed by atoms with van der Waals surface area (Å²) in [7, 11) is 0. The Morgan fingerprint density at radius 2 is 1.75 bits per heavy atom. The predicted molar refractivity (Wildman–Crippen MR) is 96.5 cm³/mol. The number of benzene rings is 2. The van der Waals surface area contributed by atoms with Crippen LogP contribution in [-0.4, -0.2) is 23.6 Å². The number of nitrogens with one attached hydrogen (secondary N) is 1. The number of aryl methyl sites for hydroxylation is 1. The fourth-order valence-electron chi connectivity index (χ4n) is 2.62. The van der Waals surface area contributed by atoms with Crippen molar-refractivity contribution in [2.24, 2.45) is 5.73 Å². The van der Waals surface area contributed by atoms with Crippen LogP contribution in [0.25, 0.3) is 0 Å². The Balaban J connectivity index is 1.75. The molecular formula is C20H26N2O2. The number of hydrogen-bond acceptors (Lipinski definition) is 3. The molecule has 0 aliphatic carbocycles. The first kappa shape index (κ1) is 18.2. The quantitative estimate of drug-likeness (QED) is 0.662. The summed E-state index contributed by atoms with van der Waals surface area (Å²) in [6.45, 7) is 2.64. The van der Waals surface area contributed by atoms with Crippen LogP contribution in [-0.2, 0) is 17.6 Å². The van der Waals surface area contributed by atoms with E-state index in [2.05, 4.69) is 36.5 Å². The van der Waals surface area contributed by atoms with Crippen molar-refractivity contribution >= 4 is 5.91 Å². The van der Waals surface area contributed by atoms with E-state index in [0.29, 0.717) is 12.6 Å². The summed E-state index contributed by atoms with van der Waals surface area (Å²) in [6.07, 6.45) is 1.71. The maximum Gasteiger partial charge on any atom is 0.221 e. The lowest BCUT2D eigenvalue weighted by molar-refractivity contribution is -0.117. The molecule has 0 saturated carbocycles. The Kier molecular flexibility index (Phi) is 6.97. The number of nitrogens with two attached hydrogens (primary N) is 1. The van der Waals surface area contributed by atoms with Crippen molar-refractivity contribution < 1.29 is 9.90 Å². The first-order chi connectivity index (χ1) is 11.5. The molecule has 0 bridgehead atoms. The van der Waals surface area contributed by atoms with Crippen molar-refractivity contribution in [3.63, 3.8) is 0 Å². The van der Waals surface area contributed by atoms with Crippen molar-refractivity contribution in [3.8, 4) is 0 Å². The maximum atomic E-state index is 10.9. The normalized spacial score (nSPS) is 13.4. The Morgan fingerprint density at radius 1 is 1.08 bits per heavy atom. The molecule has 2 aromatic carbocycles. The lowest BCUT2D eigenvalue weighted by atomic mass is 10.0. The maximum absolute atomic E-state index is 10.9. The SMILES string of the molecule is CC(CCc1ccccc1)NCC(O)c1ccc(CC(N)=O)cc1. The summed E-state index contributed by atoms with van der Waals surface area (Å²) in [5.41, 5.74) is 8.21. The molecule has 0 heterocycles.